The van der Waals surface area contributed by atoms with Crippen molar-refractivity contribution in [2.24, 2.45) is 0 Å². The Bertz CT molecular complexity index is 815. The van der Waals surface area contributed by atoms with Crippen LogP contribution in [0.25, 0.3) is 11.2 Å². The summed E-state index contributed by atoms with van der Waals surface area (Å²) in [7, 11) is 0. The molecule has 3 aromatic heterocycles. The van der Waals surface area contributed by atoms with Crippen LogP contribution in [0.15, 0.2) is 22.7 Å². The van der Waals surface area contributed by atoms with Crippen LogP contribution in [0.2, 0.25) is 0 Å². The molecule has 118 valence electrons. The van der Waals surface area contributed by atoms with Crippen LogP contribution in [0.5, 0.6) is 0 Å². The topological polar surface area (TPSA) is 70.8 Å². The first-order valence-electron chi connectivity index (χ1n) is 8.35. The minimum absolute atomic E-state index is 0.697. The molecule has 1 aliphatic heterocycles. The van der Waals surface area contributed by atoms with E-state index in [2.05, 4.69) is 25.1 Å². The number of aromatic nitrogens is 4. The Labute approximate surface area is 133 Å². The molecule has 3 aromatic rings. The fraction of sp³-hybridized carbons (Fsp3) is 0.471. The van der Waals surface area contributed by atoms with Gasteiger partial charge in [0.25, 0.3) is 0 Å². The molecule has 2 aliphatic rings. The molecule has 6 nitrogen and oxygen atoms in total. The Balaban J connectivity index is 1.33. The van der Waals surface area contributed by atoms with E-state index in [4.69, 9.17) is 4.42 Å². The maximum atomic E-state index is 5.81. The molecule has 1 aliphatic carbocycles. The number of fused-ring (bicyclic) bond motifs is 2. The van der Waals surface area contributed by atoms with Gasteiger partial charge in [0.15, 0.2) is 11.2 Å². The van der Waals surface area contributed by atoms with E-state index in [9.17, 15) is 0 Å². The van der Waals surface area contributed by atoms with Gasteiger partial charge in [0.05, 0.1) is 12.2 Å². The van der Waals surface area contributed by atoms with Crippen molar-refractivity contribution < 1.29 is 4.42 Å². The average Bonchev–Trinajstić information content (AvgIpc) is 3.25. The molecule has 0 spiro atoms. The fourth-order valence-electron chi connectivity index (χ4n) is 3.48. The number of pyridine rings is 1. The SMILES string of the molecule is c1cnc2nc(CN3CCc4[nH]nc(C5CC5)c4CC3)oc2c1. The van der Waals surface area contributed by atoms with E-state index in [1.165, 1.54) is 29.8 Å². The quantitative estimate of drug-likeness (QED) is 0.804. The standard InChI is InChI=1S/C17H19N5O/c1-2-14-17(18-7-1)19-15(23-14)10-22-8-5-12-13(6-9-22)20-21-16(12)11-3-4-11/h1-2,7,11H,3-6,8-10H2,(H,20,21). The highest BCUT2D eigenvalue weighted by atomic mass is 16.3. The molecule has 0 aromatic carbocycles. The van der Waals surface area contributed by atoms with Crippen molar-refractivity contribution in [1.82, 2.24) is 25.1 Å². The number of oxazole rings is 1. The van der Waals surface area contributed by atoms with Crippen LogP contribution < -0.4 is 0 Å². The van der Waals surface area contributed by atoms with Gasteiger partial charge in [-0.05, 0) is 37.0 Å². The van der Waals surface area contributed by atoms with Gasteiger partial charge in [-0.1, -0.05) is 0 Å². The Hall–Kier alpha value is -2.21. The number of rotatable bonds is 3. The molecule has 1 fully saturated rings. The van der Waals surface area contributed by atoms with Gasteiger partial charge in [-0.2, -0.15) is 10.1 Å². The first kappa shape index (κ1) is 13.2. The van der Waals surface area contributed by atoms with E-state index in [1.54, 1.807) is 6.20 Å². The second-order valence-electron chi connectivity index (χ2n) is 6.55. The largest absolute Gasteiger partial charge is 0.438 e. The summed E-state index contributed by atoms with van der Waals surface area (Å²) in [6.45, 7) is 2.77. The number of hydrogen-bond acceptors (Lipinski definition) is 5. The minimum Gasteiger partial charge on any atom is -0.438 e. The molecule has 5 rings (SSSR count). The maximum Gasteiger partial charge on any atom is 0.211 e. The lowest BCUT2D eigenvalue weighted by Crippen LogP contribution is -2.26. The summed E-state index contributed by atoms with van der Waals surface area (Å²) in [5.74, 6) is 1.47. The van der Waals surface area contributed by atoms with Gasteiger partial charge in [0, 0.05) is 37.3 Å². The van der Waals surface area contributed by atoms with Crippen LogP contribution in [0.3, 0.4) is 0 Å². The minimum atomic E-state index is 0.697. The molecule has 0 bridgehead atoms. The van der Waals surface area contributed by atoms with Gasteiger partial charge >= 0.3 is 0 Å². The summed E-state index contributed by atoms with van der Waals surface area (Å²) < 4.78 is 5.81. The summed E-state index contributed by atoms with van der Waals surface area (Å²) >= 11 is 0. The fourth-order valence-corrected chi connectivity index (χ4v) is 3.48. The zero-order chi connectivity index (χ0) is 15.2. The molecule has 23 heavy (non-hydrogen) atoms. The summed E-state index contributed by atoms with van der Waals surface area (Å²) in [5.41, 5.74) is 5.58. The first-order chi connectivity index (χ1) is 11.4. The van der Waals surface area contributed by atoms with Crippen LogP contribution >= 0.6 is 0 Å². The first-order valence-corrected chi connectivity index (χ1v) is 8.35. The molecule has 0 unspecified atom stereocenters. The van der Waals surface area contributed by atoms with Gasteiger partial charge in [0.1, 0.15) is 0 Å². The number of H-pyrrole nitrogens is 1. The second kappa shape index (κ2) is 5.16. The Kier molecular flexibility index (Phi) is 2.97. The van der Waals surface area contributed by atoms with Gasteiger partial charge in [-0.25, -0.2) is 4.98 Å². The lowest BCUT2D eigenvalue weighted by Gasteiger charge is -2.17. The Morgan fingerprint density at radius 1 is 1.26 bits per heavy atom. The third-order valence-electron chi connectivity index (χ3n) is 4.87. The van der Waals surface area contributed by atoms with E-state index in [1.807, 2.05) is 12.1 Å². The maximum absolute atomic E-state index is 5.81. The number of aromatic amines is 1. The van der Waals surface area contributed by atoms with E-state index >= 15 is 0 Å². The predicted octanol–water partition coefficient (Wildman–Crippen LogP) is 2.42. The van der Waals surface area contributed by atoms with Crippen LogP contribution in [-0.2, 0) is 19.4 Å². The molecule has 0 radical (unpaired) electrons. The van der Waals surface area contributed by atoms with E-state index in [0.29, 0.717) is 11.6 Å². The molecule has 0 atom stereocenters. The molecular formula is C17H19N5O. The molecular weight excluding hydrogens is 290 g/mol. The number of nitrogens with one attached hydrogen (secondary N) is 1. The lowest BCUT2D eigenvalue weighted by molar-refractivity contribution is 0.252. The highest BCUT2D eigenvalue weighted by molar-refractivity contribution is 5.66. The summed E-state index contributed by atoms with van der Waals surface area (Å²) in [4.78, 5) is 11.1. The zero-order valence-electron chi connectivity index (χ0n) is 13.0. The smallest absolute Gasteiger partial charge is 0.211 e. The van der Waals surface area contributed by atoms with Crippen molar-refractivity contribution in [3.05, 3.63) is 41.2 Å². The van der Waals surface area contributed by atoms with Gasteiger partial charge in [0.2, 0.25) is 5.89 Å². The van der Waals surface area contributed by atoms with Crippen molar-refractivity contribution in [2.75, 3.05) is 13.1 Å². The molecule has 0 amide bonds. The van der Waals surface area contributed by atoms with Crippen LogP contribution in [0.1, 0.15) is 41.6 Å². The summed E-state index contributed by atoms with van der Waals surface area (Å²) in [5, 5.41) is 7.82. The van der Waals surface area contributed by atoms with Crippen molar-refractivity contribution in [3.63, 3.8) is 0 Å². The molecule has 0 saturated heterocycles. The van der Waals surface area contributed by atoms with Crippen molar-refractivity contribution in [1.29, 1.82) is 0 Å². The van der Waals surface area contributed by atoms with Gasteiger partial charge < -0.3 is 4.42 Å². The second-order valence-corrected chi connectivity index (χ2v) is 6.55. The molecule has 4 heterocycles. The monoisotopic (exact) mass is 309 g/mol. The summed E-state index contributed by atoms with van der Waals surface area (Å²) in [6, 6.07) is 3.79. The van der Waals surface area contributed by atoms with E-state index in [0.717, 1.165) is 43.9 Å². The number of hydrogen-bond donors (Lipinski definition) is 1. The lowest BCUT2D eigenvalue weighted by atomic mass is 10.1. The van der Waals surface area contributed by atoms with Crippen LogP contribution in [0, 0.1) is 0 Å². The third kappa shape index (κ3) is 2.43. The van der Waals surface area contributed by atoms with Crippen molar-refractivity contribution in [3.8, 4) is 0 Å². The van der Waals surface area contributed by atoms with Crippen molar-refractivity contribution >= 4 is 11.2 Å². The van der Waals surface area contributed by atoms with Crippen molar-refractivity contribution in [2.45, 2.75) is 38.1 Å². The molecule has 1 N–H and O–H groups in total. The molecule has 6 heteroatoms. The summed E-state index contributed by atoms with van der Waals surface area (Å²) in [6.07, 6.45) is 6.44. The Morgan fingerprint density at radius 2 is 2.17 bits per heavy atom. The average molecular weight is 309 g/mol. The normalized spacial score (nSPS) is 19.0. The zero-order valence-corrected chi connectivity index (χ0v) is 13.0. The van der Waals surface area contributed by atoms with E-state index < -0.39 is 0 Å². The van der Waals surface area contributed by atoms with Gasteiger partial charge in [-0.15, -0.1) is 0 Å². The predicted molar refractivity (Wildman–Crippen MR) is 85.1 cm³/mol. The number of nitrogens with zero attached hydrogens (tertiary/aromatic N) is 4. The Morgan fingerprint density at radius 3 is 3.04 bits per heavy atom. The van der Waals surface area contributed by atoms with Gasteiger partial charge in [-0.3, -0.25) is 10.00 Å². The highest BCUT2D eigenvalue weighted by Gasteiger charge is 2.31. The van der Waals surface area contributed by atoms with E-state index in [-0.39, 0.29) is 0 Å². The van der Waals surface area contributed by atoms with Crippen LogP contribution in [-0.4, -0.2) is 38.2 Å². The van der Waals surface area contributed by atoms with Crippen LogP contribution in [0.4, 0.5) is 0 Å². The molecule has 1 saturated carbocycles. The highest BCUT2D eigenvalue weighted by Crippen LogP contribution is 2.41. The third-order valence-corrected chi connectivity index (χ3v) is 4.87.